The molecule has 4 rings (SSSR count). The molecule has 0 atom stereocenters. The molecule has 7 heteroatoms. The average Bonchev–Trinajstić information content (AvgIpc) is 2.98. The molecule has 124 valence electrons. The van der Waals surface area contributed by atoms with Crippen molar-refractivity contribution in [3.63, 3.8) is 0 Å². The van der Waals surface area contributed by atoms with Crippen molar-refractivity contribution in [3.05, 3.63) is 75.1 Å². The number of nitrogens with one attached hydrogen (secondary N) is 1. The summed E-state index contributed by atoms with van der Waals surface area (Å²) in [5.41, 5.74) is 1.16. The number of benzene rings is 3. The number of aromatic amines is 1. The monoisotopic (exact) mass is 335 g/mol. The van der Waals surface area contributed by atoms with Crippen LogP contribution in [0.25, 0.3) is 27.4 Å². The van der Waals surface area contributed by atoms with Crippen LogP contribution in [0.4, 0.5) is 5.69 Å². The number of nitro benzene ring substituents is 1. The minimum absolute atomic E-state index is 0.0331. The first-order valence-electron chi connectivity index (χ1n) is 7.55. The molecule has 25 heavy (non-hydrogen) atoms. The van der Waals surface area contributed by atoms with E-state index in [-0.39, 0.29) is 11.2 Å². The van der Waals surface area contributed by atoms with Crippen LogP contribution in [0.5, 0.6) is 5.75 Å². The maximum Gasteiger partial charge on any atom is 0.272 e. The fraction of sp³-hybridized carbons (Fsp3) is 0.0556. The van der Waals surface area contributed by atoms with Crippen LogP contribution >= 0.6 is 0 Å². The van der Waals surface area contributed by atoms with Gasteiger partial charge in [-0.15, -0.1) is 0 Å². The van der Waals surface area contributed by atoms with Gasteiger partial charge in [0.2, 0.25) is 0 Å². The Morgan fingerprint density at radius 3 is 2.48 bits per heavy atom. The summed E-state index contributed by atoms with van der Waals surface area (Å²) in [6.45, 7) is 0. The fourth-order valence-corrected chi connectivity index (χ4v) is 3.05. The third-order valence-electron chi connectivity index (χ3n) is 4.18. The number of aromatic nitrogens is 2. The number of para-hydroxylation sites is 1. The standard InChI is InChI=1S/C18H13N3O4/c1-25-16-10-15-17(13-8-7-12(21(23)24)9-14(13)16)20(19-18(15)22)11-5-3-2-4-6-11/h2-10H,1H3,(H,19,22). The van der Waals surface area contributed by atoms with Gasteiger partial charge in [-0.3, -0.25) is 24.7 Å². The maximum absolute atomic E-state index is 12.4. The van der Waals surface area contributed by atoms with E-state index >= 15 is 0 Å². The van der Waals surface area contributed by atoms with E-state index in [0.717, 1.165) is 5.69 Å². The minimum atomic E-state index is -0.454. The van der Waals surface area contributed by atoms with Gasteiger partial charge in [-0.2, -0.15) is 0 Å². The summed E-state index contributed by atoms with van der Waals surface area (Å²) in [6, 6.07) is 15.5. The summed E-state index contributed by atoms with van der Waals surface area (Å²) in [5.74, 6) is 0.419. The Hall–Kier alpha value is -3.61. The molecule has 1 heterocycles. The van der Waals surface area contributed by atoms with Gasteiger partial charge in [-0.05, 0) is 24.3 Å². The number of rotatable bonds is 3. The van der Waals surface area contributed by atoms with Gasteiger partial charge in [0.25, 0.3) is 11.2 Å². The minimum Gasteiger partial charge on any atom is -0.496 e. The first kappa shape index (κ1) is 14.9. The number of H-pyrrole nitrogens is 1. The number of non-ortho nitro benzene ring substituents is 1. The Bertz CT molecular complexity index is 1180. The molecule has 1 aromatic heterocycles. The number of methoxy groups -OCH3 is 1. The van der Waals surface area contributed by atoms with Crippen LogP contribution in [0, 0.1) is 10.1 Å². The summed E-state index contributed by atoms with van der Waals surface area (Å²) in [7, 11) is 1.47. The predicted octanol–water partition coefficient (Wildman–Crippen LogP) is 3.39. The molecule has 0 amide bonds. The number of ether oxygens (including phenoxy) is 1. The maximum atomic E-state index is 12.4. The average molecular weight is 335 g/mol. The van der Waals surface area contributed by atoms with Crippen LogP contribution in [0.3, 0.4) is 0 Å². The lowest BCUT2D eigenvalue weighted by Crippen LogP contribution is -2.03. The third kappa shape index (κ3) is 2.25. The fourth-order valence-electron chi connectivity index (χ4n) is 3.05. The molecule has 0 unspecified atom stereocenters. The first-order valence-corrected chi connectivity index (χ1v) is 7.55. The summed E-state index contributed by atoms with van der Waals surface area (Å²) >= 11 is 0. The van der Waals surface area contributed by atoms with E-state index in [1.165, 1.54) is 19.2 Å². The molecule has 1 N–H and O–H groups in total. The van der Waals surface area contributed by atoms with Crippen LogP contribution in [0.2, 0.25) is 0 Å². The van der Waals surface area contributed by atoms with Crippen LogP contribution in [-0.2, 0) is 0 Å². The normalized spacial score (nSPS) is 11.1. The zero-order valence-electron chi connectivity index (χ0n) is 13.2. The molecule has 0 fully saturated rings. The van der Waals surface area contributed by atoms with E-state index < -0.39 is 4.92 Å². The van der Waals surface area contributed by atoms with Crippen LogP contribution in [0.1, 0.15) is 0 Å². The summed E-state index contributed by atoms with van der Waals surface area (Å²) in [6.07, 6.45) is 0. The molecular weight excluding hydrogens is 322 g/mol. The summed E-state index contributed by atoms with van der Waals surface area (Å²) in [5, 5.41) is 15.7. The largest absolute Gasteiger partial charge is 0.496 e. The van der Waals surface area contributed by atoms with Gasteiger partial charge >= 0.3 is 0 Å². The van der Waals surface area contributed by atoms with E-state index in [1.807, 2.05) is 30.3 Å². The van der Waals surface area contributed by atoms with E-state index in [4.69, 9.17) is 4.74 Å². The highest BCUT2D eigenvalue weighted by Crippen LogP contribution is 2.35. The first-order chi connectivity index (χ1) is 12.1. The van der Waals surface area contributed by atoms with Gasteiger partial charge in [0.15, 0.2) is 0 Å². The second kappa shape index (κ2) is 5.48. The quantitative estimate of drug-likeness (QED) is 0.459. The Balaban J connectivity index is 2.18. The Kier molecular flexibility index (Phi) is 3.28. The van der Waals surface area contributed by atoms with Crippen LogP contribution in [-0.4, -0.2) is 21.8 Å². The second-order valence-electron chi connectivity index (χ2n) is 5.57. The highest BCUT2D eigenvalue weighted by Gasteiger charge is 2.18. The topological polar surface area (TPSA) is 90.2 Å². The molecule has 0 spiro atoms. The van der Waals surface area contributed by atoms with E-state index in [1.54, 1.807) is 16.8 Å². The molecule has 0 saturated carbocycles. The van der Waals surface area contributed by atoms with Crippen molar-refractivity contribution >= 4 is 27.4 Å². The van der Waals surface area contributed by atoms with Crippen molar-refractivity contribution in [2.45, 2.75) is 0 Å². The second-order valence-corrected chi connectivity index (χ2v) is 5.57. The van der Waals surface area contributed by atoms with Crippen LogP contribution < -0.4 is 10.3 Å². The van der Waals surface area contributed by atoms with Gasteiger partial charge < -0.3 is 4.74 Å². The highest BCUT2D eigenvalue weighted by atomic mass is 16.6. The van der Waals surface area contributed by atoms with Crippen molar-refractivity contribution in [3.8, 4) is 11.4 Å². The number of hydrogen-bond donors (Lipinski definition) is 1. The van der Waals surface area contributed by atoms with Gasteiger partial charge in [-0.1, -0.05) is 18.2 Å². The van der Waals surface area contributed by atoms with Gasteiger partial charge in [0.05, 0.1) is 28.6 Å². The van der Waals surface area contributed by atoms with Gasteiger partial charge in [0.1, 0.15) is 5.75 Å². The number of nitro groups is 1. The van der Waals surface area contributed by atoms with Gasteiger partial charge in [0, 0.05) is 22.9 Å². The zero-order chi connectivity index (χ0) is 17.6. The molecule has 4 aromatic rings. The smallest absolute Gasteiger partial charge is 0.272 e. The predicted molar refractivity (Wildman–Crippen MR) is 94.6 cm³/mol. The highest BCUT2D eigenvalue weighted by molar-refractivity contribution is 6.09. The van der Waals surface area contributed by atoms with E-state index in [9.17, 15) is 14.9 Å². The van der Waals surface area contributed by atoms with Crippen LogP contribution in [0.15, 0.2) is 59.4 Å². The molecule has 0 aliphatic rings. The summed E-state index contributed by atoms with van der Waals surface area (Å²) < 4.78 is 7.04. The van der Waals surface area contributed by atoms with Crippen molar-refractivity contribution in [2.24, 2.45) is 0 Å². The zero-order valence-corrected chi connectivity index (χ0v) is 13.2. The Morgan fingerprint density at radius 1 is 1.04 bits per heavy atom. The van der Waals surface area contributed by atoms with Crippen molar-refractivity contribution in [2.75, 3.05) is 7.11 Å². The third-order valence-corrected chi connectivity index (χ3v) is 4.18. The molecule has 3 aromatic carbocycles. The Morgan fingerprint density at radius 2 is 1.80 bits per heavy atom. The van der Waals surface area contributed by atoms with Gasteiger partial charge in [-0.25, -0.2) is 0 Å². The SMILES string of the molecule is COc1cc2c(=O)[nH]n(-c3ccccc3)c2c2ccc([N+](=O)[O-])cc12. The number of hydrogen-bond acceptors (Lipinski definition) is 4. The molecule has 0 saturated heterocycles. The molecule has 0 radical (unpaired) electrons. The van der Waals surface area contributed by atoms with Crippen molar-refractivity contribution in [1.29, 1.82) is 0 Å². The number of fused-ring (bicyclic) bond motifs is 3. The number of nitrogens with zero attached hydrogens (tertiary/aromatic N) is 2. The van der Waals surface area contributed by atoms with Crippen molar-refractivity contribution in [1.82, 2.24) is 9.78 Å². The Labute approximate surface area is 141 Å². The molecule has 0 aliphatic heterocycles. The summed E-state index contributed by atoms with van der Waals surface area (Å²) in [4.78, 5) is 23.1. The lowest BCUT2D eigenvalue weighted by atomic mass is 10.1. The molecule has 7 nitrogen and oxygen atoms in total. The van der Waals surface area contributed by atoms with E-state index in [0.29, 0.717) is 27.4 Å². The molecular formula is C18H13N3O4. The van der Waals surface area contributed by atoms with Crippen molar-refractivity contribution < 1.29 is 9.66 Å². The molecule has 0 aliphatic carbocycles. The molecule has 0 bridgehead atoms. The lowest BCUT2D eigenvalue weighted by molar-refractivity contribution is -0.384. The lowest BCUT2D eigenvalue weighted by Gasteiger charge is -2.10. The van der Waals surface area contributed by atoms with E-state index in [2.05, 4.69) is 5.10 Å².